The molecule has 2 aromatic carbocycles. The molecule has 28 heavy (non-hydrogen) atoms. The number of amides is 1. The van der Waals surface area contributed by atoms with Crippen molar-refractivity contribution >= 4 is 27.7 Å². The number of carbonyl (C=O) groups excluding carboxylic acids is 1. The summed E-state index contributed by atoms with van der Waals surface area (Å²) in [5.41, 5.74) is 2.40. The maximum Gasteiger partial charge on any atom is 0.255 e. The number of morpholine rings is 1. The largest absolute Gasteiger partial charge is 0.378 e. The van der Waals surface area contributed by atoms with Crippen LogP contribution in [-0.2, 0) is 21.3 Å². The van der Waals surface area contributed by atoms with Crippen molar-refractivity contribution in [2.24, 2.45) is 0 Å². The molecule has 0 unspecified atom stereocenters. The molecule has 1 N–H and O–H groups in total. The Morgan fingerprint density at radius 3 is 2.46 bits per heavy atom. The molecule has 1 fully saturated rings. The van der Waals surface area contributed by atoms with Gasteiger partial charge in [0.25, 0.3) is 5.91 Å². The van der Waals surface area contributed by atoms with Crippen molar-refractivity contribution in [3.8, 4) is 0 Å². The number of benzene rings is 2. The van der Waals surface area contributed by atoms with E-state index >= 15 is 0 Å². The first kappa shape index (κ1) is 20.9. The van der Waals surface area contributed by atoms with E-state index in [0.29, 0.717) is 31.9 Å². The zero-order valence-electron chi connectivity index (χ0n) is 16.0. The monoisotopic (exact) mass is 420 g/mol. The summed E-state index contributed by atoms with van der Waals surface area (Å²) < 4.78 is 33.4. The number of aryl methyl sites for hydroxylation is 1. The van der Waals surface area contributed by atoms with Gasteiger partial charge in [-0.1, -0.05) is 29.8 Å². The minimum atomic E-state index is -3.74. The topological polar surface area (TPSA) is 75.7 Å². The number of ether oxygens (including phenoxy) is 1. The minimum Gasteiger partial charge on any atom is -0.378 e. The van der Waals surface area contributed by atoms with E-state index in [1.807, 2.05) is 37.4 Å². The van der Waals surface area contributed by atoms with Gasteiger partial charge < -0.3 is 9.64 Å². The van der Waals surface area contributed by atoms with E-state index < -0.39 is 10.0 Å². The van der Waals surface area contributed by atoms with Gasteiger partial charge in [0, 0.05) is 24.5 Å². The van der Waals surface area contributed by atoms with Crippen LogP contribution in [0.1, 0.15) is 21.5 Å². The lowest BCUT2D eigenvalue weighted by molar-refractivity contribution is 0.0300. The average Bonchev–Trinajstić information content (AvgIpc) is 2.73. The molecule has 1 heterocycles. The van der Waals surface area contributed by atoms with E-state index in [1.54, 1.807) is 17.0 Å². The number of thioether (sulfide) groups is 1. The Labute approximate surface area is 170 Å². The highest BCUT2D eigenvalue weighted by Gasteiger charge is 2.24. The number of hydrogen-bond acceptors (Lipinski definition) is 5. The Morgan fingerprint density at radius 2 is 1.82 bits per heavy atom. The van der Waals surface area contributed by atoms with Crippen LogP contribution in [0.5, 0.6) is 0 Å². The molecule has 1 amide bonds. The first-order valence-corrected chi connectivity index (χ1v) is 11.7. The highest BCUT2D eigenvalue weighted by Crippen LogP contribution is 2.25. The van der Waals surface area contributed by atoms with Crippen LogP contribution in [0, 0.1) is 6.92 Å². The fourth-order valence-electron chi connectivity index (χ4n) is 2.93. The second-order valence-corrected chi connectivity index (χ2v) is 9.19. The van der Waals surface area contributed by atoms with Crippen molar-refractivity contribution in [3.05, 3.63) is 59.2 Å². The third-order valence-corrected chi connectivity index (χ3v) is 6.79. The quantitative estimate of drug-likeness (QED) is 0.727. The van der Waals surface area contributed by atoms with Crippen molar-refractivity contribution in [2.45, 2.75) is 23.3 Å². The number of rotatable bonds is 6. The molecule has 150 valence electrons. The molecule has 0 saturated carbocycles. The third-order valence-electron chi connectivity index (χ3n) is 4.60. The molecule has 0 bridgehead atoms. The van der Waals surface area contributed by atoms with Crippen LogP contribution in [0.15, 0.2) is 52.3 Å². The molecular formula is C20H24N2O4S2. The van der Waals surface area contributed by atoms with Gasteiger partial charge in [-0.2, -0.15) is 0 Å². The summed E-state index contributed by atoms with van der Waals surface area (Å²) in [6.07, 6.45) is 1.87. The molecule has 1 aliphatic heterocycles. The van der Waals surface area contributed by atoms with Crippen LogP contribution < -0.4 is 4.72 Å². The van der Waals surface area contributed by atoms with Crippen LogP contribution in [0.25, 0.3) is 0 Å². The lowest BCUT2D eigenvalue weighted by Gasteiger charge is -2.27. The molecule has 1 aliphatic rings. The molecule has 6 nitrogen and oxygen atoms in total. The van der Waals surface area contributed by atoms with Gasteiger partial charge in [-0.3, -0.25) is 4.79 Å². The smallest absolute Gasteiger partial charge is 0.255 e. The van der Waals surface area contributed by atoms with E-state index in [2.05, 4.69) is 4.72 Å². The second kappa shape index (κ2) is 9.09. The van der Waals surface area contributed by atoms with Gasteiger partial charge in [0.05, 0.1) is 23.7 Å². The average molecular weight is 421 g/mol. The Morgan fingerprint density at radius 1 is 1.14 bits per heavy atom. The maximum absolute atomic E-state index is 12.9. The summed E-state index contributed by atoms with van der Waals surface area (Å²) >= 11 is 1.42. The predicted octanol–water partition coefficient (Wildman–Crippen LogP) is 2.67. The van der Waals surface area contributed by atoms with Crippen molar-refractivity contribution in [3.63, 3.8) is 0 Å². The van der Waals surface area contributed by atoms with Crippen molar-refractivity contribution < 1.29 is 17.9 Å². The number of nitrogens with one attached hydrogen (secondary N) is 1. The van der Waals surface area contributed by atoms with Crippen LogP contribution in [0.3, 0.4) is 0 Å². The highest BCUT2D eigenvalue weighted by molar-refractivity contribution is 7.98. The van der Waals surface area contributed by atoms with E-state index in [-0.39, 0.29) is 17.3 Å². The van der Waals surface area contributed by atoms with Gasteiger partial charge >= 0.3 is 0 Å². The number of sulfonamides is 1. The fraction of sp³-hybridized carbons (Fsp3) is 0.350. The van der Waals surface area contributed by atoms with E-state index in [4.69, 9.17) is 4.74 Å². The van der Waals surface area contributed by atoms with Crippen molar-refractivity contribution in [1.82, 2.24) is 9.62 Å². The third kappa shape index (κ3) is 4.94. The highest BCUT2D eigenvalue weighted by atomic mass is 32.2. The van der Waals surface area contributed by atoms with Crippen molar-refractivity contribution in [1.29, 1.82) is 0 Å². The Bertz CT molecular complexity index is 937. The lowest BCUT2D eigenvalue weighted by atomic mass is 10.2. The van der Waals surface area contributed by atoms with Gasteiger partial charge in [0.1, 0.15) is 0 Å². The molecule has 1 saturated heterocycles. The Balaban J connectivity index is 1.82. The van der Waals surface area contributed by atoms with Gasteiger partial charge in [-0.25, -0.2) is 13.1 Å². The fourth-order valence-corrected chi connectivity index (χ4v) is 4.54. The van der Waals surface area contributed by atoms with Crippen LogP contribution >= 0.6 is 11.8 Å². The maximum atomic E-state index is 12.9. The Hall–Kier alpha value is -1.87. The summed E-state index contributed by atoms with van der Waals surface area (Å²) in [4.78, 5) is 15.5. The normalized spacial score (nSPS) is 14.9. The molecule has 0 spiro atoms. The summed E-state index contributed by atoms with van der Waals surface area (Å²) in [5.74, 6) is -0.164. The van der Waals surface area contributed by atoms with Gasteiger partial charge in [0.2, 0.25) is 10.0 Å². The summed E-state index contributed by atoms with van der Waals surface area (Å²) in [5, 5.41) is 0. The SMILES string of the molecule is CSc1ccc(S(=O)(=O)NCc2ccc(C)cc2)cc1C(=O)N1CCOCC1. The zero-order valence-corrected chi connectivity index (χ0v) is 17.6. The first-order chi connectivity index (χ1) is 13.4. The molecule has 0 aromatic heterocycles. The standard InChI is InChI=1S/C20H24N2O4S2/c1-15-3-5-16(6-4-15)14-21-28(24,25)17-7-8-19(27-2)18(13-17)20(23)22-9-11-26-12-10-22/h3-8,13,21H,9-12,14H2,1-2H3. The van der Waals surface area contributed by atoms with Gasteiger partial charge in [-0.15, -0.1) is 11.8 Å². The first-order valence-electron chi connectivity index (χ1n) is 9.01. The summed E-state index contributed by atoms with van der Waals surface area (Å²) in [6, 6.07) is 12.4. The minimum absolute atomic E-state index is 0.0917. The molecule has 2 aromatic rings. The number of carbonyl (C=O) groups is 1. The van der Waals surface area contributed by atoms with Crippen LogP contribution in [0.4, 0.5) is 0 Å². The molecular weight excluding hydrogens is 396 g/mol. The molecule has 0 atom stereocenters. The van der Waals surface area contributed by atoms with Gasteiger partial charge in [-0.05, 0) is 36.9 Å². The second-order valence-electron chi connectivity index (χ2n) is 6.58. The van der Waals surface area contributed by atoms with Crippen LogP contribution in [-0.4, -0.2) is 51.8 Å². The van der Waals surface area contributed by atoms with Gasteiger partial charge in [0.15, 0.2) is 0 Å². The predicted molar refractivity (Wildman–Crippen MR) is 110 cm³/mol. The van der Waals surface area contributed by atoms with E-state index in [9.17, 15) is 13.2 Å². The summed E-state index contributed by atoms with van der Waals surface area (Å²) in [7, 11) is -3.74. The lowest BCUT2D eigenvalue weighted by Crippen LogP contribution is -2.41. The van der Waals surface area contributed by atoms with Crippen LogP contribution in [0.2, 0.25) is 0 Å². The Kier molecular flexibility index (Phi) is 6.77. The molecule has 0 radical (unpaired) electrons. The summed E-state index contributed by atoms with van der Waals surface area (Å²) in [6.45, 7) is 4.19. The van der Waals surface area contributed by atoms with E-state index in [0.717, 1.165) is 16.0 Å². The molecule has 3 rings (SSSR count). The molecule has 8 heteroatoms. The number of hydrogen-bond donors (Lipinski definition) is 1. The van der Waals surface area contributed by atoms with Crippen molar-refractivity contribution in [2.75, 3.05) is 32.6 Å². The van der Waals surface area contributed by atoms with E-state index in [1.165, 1.54) is 17.8 Å². The zero-order chi connectivity index (χ0) is 20.1. The molecule has 0 aliphatic carbocycles. The number of nitrogens with zero attached hydrogens (tertiary/aromatic N) is 1.